The van der Waals surface area contributed by atoms with Gasteiger partial charge >= 0.3 is 5.97 Å². The fourth-order valence-electron chi connectivity index (χ4n) is 1.87. The van der Waals surface area contributed by atoms with E-state index in [0.717, 1.165) is 12.7 Å². The van der Waals surface area contributed by atoms with Crippen molar-refractivity contribution in [3.8, 4) is 0 Å². The number of unbranched alkanes of at least 4 members (excludes halogenated alkanes) is 2. The third-order valence-corrected chi connectivity index (χ3v) is 2.98. The second kappa shape index (κ2) is 10.5. The van der Waals surface area contributed by atoms with Gasteiger partial charge in [0.2, 0.25) is 0 Å². The van der Waals surface area contributed by atoms with Gasteiger partial charge in [-0.15, -0.1) is 0 Å². The lowest BCUT2D eigenvalue weighted by atomic mass is 10.0. The molecule has 21 heavy (non-hydrogen) atoms. The molecule has 0 aliphatic carbocycles. The number of carbonyl (C=O) groups excluding carboxylic acids is 2. The molecule has 1 unspecified atom stereocenters. The molecule has 0 aromatic heterocycles. The Balaban J connectivity index is 4.37. The number of nitrogens with zero attached hydrogens (tertiary/aromatic N) is 1. The van der Waals surface area contributed by atoms with E-state index in [9.17, 15) is 9.59 Å². The van der Waals surface area contributed by atoms with Crippen molar-refractivity contribution in [3.05, 3.63) is 12.2 Å². The summed E-state index contributed by atoms with van der Waals surface area (Å²) in [6.07, 6.45) is 6.28. The van der Waals surface area contributed by atoms with Gasteiger partial charge in [-0.1, -0.05) is 6.08 Å². The largest absolute Gasteiger partial charge is 0.443 e. The molecule has 5 heteroatoms. The summed E-state index contributed by atoms with van der Waals surface area (Å²) >= 11 is 0. The molecule has 0 aliphatic heterocycles. The van der Waals surface area contributed by atoms with Crippen molar-refractivity contribution in [2.24, 2.45) is 0 Å². The number of carbonyl (C=O) groups is 2. The van der Waals surface area contributed by atoms with E-state index in [0.29, 0.717) is 25.9 Å². The summed E-state index contributed by atoms with van der Waals surface area (Å²) in [6.45, 7) is 6.53. The van der Waals surface area contributed by atoms with Crippen LogP contribution in [0.4, 0.5) is 0 Å². The molecule has 0 heterocycles. The Morgan fingerprint density at radius 2 is 1.95 bits per heavy atom. The van der Waals surface area contributed by atoms with Gasteiger partial charge in [0.1, 0.15) is 6.29 Å². The number of aldehydes is 1. The lowest BCUT2D eigenvalue weighted by Gasteiger charge is -2.32. The first-order valence-electron chi connectivity index (χ1n) is 7.43. The zero-order valence-corrected chi connectivity index (χ0v) is 13.9. The lowest BCUT2D eigenvalue weighted by molar-refractivity contribution is -0.157. The fraction of sp³-hybridized carbons (Fsp3) is 0.750. The zero-order valence-electron chi connectivity index (χ0n) is 13.9. The van der Waals surface area contributed by atoms with Crippen molar-refractivity contribution in [1.82, 2.24) is 4.90 Å². The minimum absolute atomic E-state index is 0.335. The van der Waals surface area contributed by atoms with Crippen LogP contribution in [0.3, 0.4) is 0 Å². The summed E-state index contributed by atoms with van der Waals surface area (Å²) in [4.78, 5) is 23.8. The third kappa shape index (κ3) is 10.2. The van der Waals surface area contributed by atoms with Crippen molar-refractivity contribution in [2.45, 2.75) is 58.3 Å². The number of allylic oxidation sites excluding steroid dienone is 1. The lowest BCUT2D eigenvalue weighted by Crippen LogP contribution is -2.40. The van der Waals surface area contributed by atoms with Gasteiger partial charge in [-0.25, -0.2) is 4.79 Å². The minimum Gasteiger partial charge on any atom is -0.443 e. The van der Waals surface area contributed by atoms with Gasteiger partial charge in [0.15, 0.2) is 6.23 Å². The second-order valence-electron chi connectivity index (χ2n) is 5.75. The summed E-state index contributed by atoms with van der Waals surface area (Å²) in [5, 5.41) is 0. The average Bonchev–Trinajstić information content (AvgIpc) is 2.37. The Labute approximate surface area is 128 Å². The van der Waals surface area contributed by atoms with Crippen LogP contribution in [0.2, 0.25) is 0 Å². The molecule has 0 aliphatic rings. The highest BCUT2D eigenvalue weighted by atomic mass is 16.6. The van der Waals surface area contributed by atoms with Crippen LogP contribution in [0.1, 0.15) is 46.5 Å². The van der Waals surface area contributed by atoms with Gasteiger partial charge in [0.05, 0.1) is 5.60 Å². The van der Waals surface area contributed by atoms with E-state index in [1.54, 1.807) is 6.08 Å². The summed E-state index contributed by atoms with van der Waals surface area (Å²) in [5.41, 5.74) is -0.350. The molecule has 0 aromatic carbocycles. The Hall–Kier alpha value is -1.20. The molecule has 122 valence electrons. The van der Waals surface area contributed by atoms with Crippen LogP contribution < -0.4 is 0 Å². The molecule has 0 radical (unpaired) electrons. The molecular formula is C16H29NO4. The smallest absolute Gasteiger partial charge is 0.331 e. The van der Waals surface area contributed by atoms with Crippen molar-refractivity contribution >= 4 is 12.3 Å². The second-order valence-corrected chi connectivity index (χ2v) is 5.75. The van der Waals surface area contributed by atoms with Crippen LogP contribution in [0.5, 0.6) is 0 Å². The molecule has 0 amide bonds. The molecule has 0 N–H and O–H groups in total. The SMILES string of the molecule is CCOC(C)(C)CC(OC(=O)/C=C/CCCC=O)N(C)C. The molecule has 0 aromatic rings. The first-order chi connectivity index (χ1) is 9.82. The normalized spacial score (nSPS) is 13.6. The number of hydrogen-bond acceptors (Lipinski definition) is 5. The average molecular weight is 299 g/mol. The maximum atomic E-state index is 11.8. The molecule has 0 spiro atoms. The van der Waals surface area contributed by atoms with E-state index in [4.69, 9.17) is 9.47 Å². The summed E-state index contributed by atoms with van der Waals surface area (Å²) < 4.78 is 11.1. The maximum absolute atomic E-state index is 11.8. The quantitative estimate of drug-likeness (QED) is 0.193. The highest BCUT2D eigenvalue weighted by Crippen LogP contribution is 2.20. The molecule has 0 rings (SSSR count). The Bertz CT molecular complexity index is 337. The van der Waals surface area contributed by atoms with E-state index < -0.39 is 0 Å². The summed E-state index contributed by atoms with van der Waals surface area (Å²) in [7, 11) is 3.74. The predicted octanol–water partition coefficient (Wildman–Crippen LogP) is 2.55. The van der Waals surface area contributed by atoms with Crippen molar-refractivity contribution < 1.29 is 19.1 Å². The third-order valence-electron chi connectivity index (χ3n) is 2.98. The van der Waals surface area contributed by atoms with Crippen LogP contribution in [0, 0.1) is 0 Å². The number of hydrogen-bond donors (Lipinski definition) is 0. The van der Waals surface area contributed by atoms with Crippen LogP contribution >= 0.6 is 0 Å². The monoisotopic (exact) mass is 299 g/mol. The van der Waals surface area contributed by atoms with Crippen molar-refractivity contribution in [1.29, 1.82) is 0 Å². The minimum atomic E-state index is -0.368. The highest BCUT2D eigenvalue weighted by molar-refractivity contribution is 5.82. The van der Waals surface area contributed by atoms with Gasteiger partial charge in [0, 0.05) is 25.5 Å². The molecule has 0 saturated carbocycles. The molecule has 1 atom stereocenters. The summed E-state index contributed by atoms with van der Waals surface area (Å²) in [5.74, 6) is -0.368. The van der Waals surface area contributed by atoms with Gasteiger partial charge in [-0.05, 0) is 47.7 Å². The van der Waals surface area contributed by atoms with Gasteiger partial charge in [-0.3, -0.25) is 4.90 Å². The van der Waals surface area contributed by atoms with Crippen LogP contribution in [0.25, 0.3) is 0 Å². The molecule has 0 saturated heterocycles. The zero-order chi connectivity index (χ0) is 16.3. The number of esters is 1. The van der Waals surface area contributed by atoms with Crippen LogP contribution in [0.15, 0.2) is 12.2 Å². The van der Waals surface area contributed by atoms with Crippen LogP contribution in [-0.2, 0) is 19.1 Å². The van der Waals surface area contributed by atoms with Gasteiger partial charge < -0.3 is 14.3 Å². The van der Waals surface area contributed by atoms with Crippen molar-refractivity contribution in [2.75, 3.05) is 20.7 Å². The van der Waals surface area contributed by atoms with Gasteiger partial charge in [0.25, 0.3) is 0 Å². The first kappa shape index (κ1) is 19.8. The van der Waals surface area contributed by atoms with Crippen LogP contribution in [-0.4, -0.2) is 49.7 Å². The highest BCUT2D eigenvalue weighted by Gasteiger charge is 2.27. The number of rotatable bonds is 11. The van der Waals surface area contributed by atoms with E-state index >= 15 is 0 Å². The van der Waals surface area contributed by atoms with E-state index in [1.165, 1.54) is 6.08 Å². The Morgan fingerprint density at radius 1 is 1.29 bits per heavy atom. The van der Waals surface area contributed by atoms with E-state index in [-0.39, 0.29) is 17.8 Å². The first-order valence-corrected chi connectivity index (χ1v) is 7.43. The fourth-order valence-corrected chi connectivity index (χ4v) is 1.87. The molecule has 0 fully saturated rings. The Morgan fingerprint density at radius 3 is 2.48 bits per heavy atom. The van der Waals surface area contributed by atoms with Crippen molar-refractivity contribution in [3.63, 3.8) is 0 Å². The Kier molecular flexibility index (Phi) is 9.91. The predicted molar refractivity (Wildman–Crippen MR) is 82.9 cm³/mol. The summed E-state index contributed by atoms with van der Waals surface area (Å²) in [6, 6.07) is 0. The van der Waals surface area contributed by atoms with Gasteiger partial charge in [-0.2, -0.15) is 0 Å². The number of ether oxygens (including phenoxy) is 2. The maximum Gasteiger partial charge on any atom is 0.331 e. The van der Waals surface area contributed by atoms with E-state index in [1.807, 2.05) is 39.8 Å². The standard InChI is InChI=1S/C16H29NO4/c1-6-20-16(2,3)13-14(17(4)5)21-15(19)11-9-7-8-10-12-18/h9,11-12,14H,6-8,10,13H2,1-5H3/b11-9+. The topological polar surface area (TPSA) is 55.8 Å². The molecular weight excluding hydrogens is 270 g/mol. The molecule has 0 bridgehead atoms. The van der Waals surface area contributed by atoms with E-state index in [2.05, 4.69) is 0 Å². The molecule has 5 nitrogen and oxygen atoms in total.